The molecule has 2 N–H and O–H groups in total. The number of methoxy groups -OCH3 is 1. The fourth-order valence-corrected chi connectivity index (χ4v) is 6.54. The lowest BCUT2D eigenvalue weighted by Gasteiger charge is -2.37. The topological polar surface area (TPSA) is 122 Å². The number of thioether (sulfide) groups is 1. The van der Waals surface area contributed by atoms with Gasteiger partial charge in [0.15, 0.2) is 10.1 Å². The monoisotopic (exact) mass is 473 g/mol. The Morgan fingerprint density at radius 3 is 2.94 bits per heavy atom. The zero-order valence-corrected chi connectivity index (χ0v) is 19.3. The van der Waals surface area contributed by atoms with E-state index in [-0.39, 0.29) is 23.3 Å². The number of carbonyl (C=O) groups is 2. The first kappa shape index (κ1) is 21.5. The number of nitrogens with two attached hydrogens (primary N) is 1. The molecule has 1 atom stereocenters. The smallest absolute Gasteiger partial charge is 0.316 e. The number of aryl methyl sites for hydroxylation is 1. The standard InChI is InChI=1S/C20H19N5O3S3/c1-10-6-7-29-17(10)15-11(8-21)18(22)25(12-4-3-5-13(26)16(12)15)19-23-24-20(31-19)30-9-14(27)28-2/h6-7,15H,3-5,9,22H2,1-2H3. The minimum absolute atomic E-state index is 0.0362. The molecule has 160 valence electrons. The molecule has 0 spiro atoms. The van der Waals surface area contributed by atoms with E-state index in [9.17, 15) is 14.9 Å². The van der Waals surface area contributed by atoms with Gasteiger partial charge >= 0.3 is 5.97 Å². The first-order chi connectivity index (χ1) is 15.0. The summed E-state index contributed by atoms with van der Waals surface area (Å²) in [7, 11) is 1.33. The third kappa shape index (κ3) is 3.86. The van der Waals surface area contributed by atoms with Crippen molar-refractivity contribution in [2.24, 2.45) is 5.73 Å². The highest BCUT2D eigenvalue weighted by atomic mass is 32.2. The Morgan fingerprint density at radius 1 is 1.45 bits per heavy atom. The molecule has 31 heavy (non-hydrogen) atoms. The number of nitriles is 1. The van der Waals surface area contributed by atoms with Crippen molar-refractivity contribution >= 4 is 51.3 Å². The molecule has 0 fully saturated rings. The maximum Gasteiger partial charge on any atom is 0.316 e. The van der Waals surface area contributed by atoms with Crippen molar-refractivity contribution in [1.29, 1.82) is 5.26 Å². The highest BCUT2D eigenvalue weighted by Crippen LogP contribution is 2.48. The fraction of sp³-hybridized carbons (Fsp3) is 0.350. The SMILES string of the molecule is COC(=O)CSc1nnc(N2C(N)=C(C#N)C(c3sccc3C)C3=C2CCCC3=O)s1. The van der Waals surface area contributed by atoms with Crippen LogP contribution in [-0.4, -0.2) is 34.8 Å². The van der Waals surface area contributed by atoms with E-state index in [0.29, 0.717) is 39.9 Å². The Morgan fingerprint density at radius 2 is 2.26 bits per heavy atom. The summed E-state index contributed by atoms with van der Waals surface area (Å²) in [5, 5.41) is 20.8. The summed E-state index contributed by atoms with van der Waals surface area (Å²) in [5.41, 5.74) is 9.31. The second kappa shape index (κ2) is 8.82. The van der Waals surface area contributed by atoms with Gasteiger partial charge in [-0.3, -0.25) is 14.5 Å². The maximum atomic E-state index is 13.1. The number of carbonyl (C=O) groups excluding carboxylic acids is 2. The van der Waals surface area contributed by atoms with E-state index in [1.54, 1.807) is 4.90 Å². The molecule has 0 saturated carbocycles. The van der Waals surface area contributed by atoms with Gasteiger partial charge in [-0.05, 0) is 36.8 Å². The number of Topliss-reactive ketones (excluding diaryl/α,β-unsaturated/α-hetero) is 1. The molecule has 0 radical (unpaired) electrons. The summed E-state index contributed by atoms with van der Waals surface area (Å²) in [5.74, 6) is -0.386. The van der Waals surface area contributed by atoms with Crippen molar-refractivity contribution < 1.29 is 14.3 Å². The van der Waals surface area contributed by atoms with E-state index >= 15 is 0 Å². The van der Waals surface area contributed by atoms with Gasteiger partial charge in [-0.25, -0.2) is 0 Å². The van der Waals surface area contributed by atoms with Crippen molar-refractivity contribution in [3.05, 3.63) is 44.6 Å². The summed E-state index contributed by atoms with van der Waals surface area (Å²) in [6.07, 6.45) is 1.82. The molecule has 0 saturated heterocycles. The molecule has 2 aliphatic rings. The fourth-order valence-electron chi connectivity index (χ4n) is 3.78. The largest absolute Gasteiger partial charge is 0.468 e. The molecule has 8 nitrogen and oxygen atoms in total. The zero-order valence-electron chi connectivity index (χ0n) is 16.9. The number of hydrogen-bond acceptors (Lipinski definition) is 11. The van der Waals surface area contributed by atoms with E-state index < -0.39 is 5.92 Å². The lowest BCUT2D eigenvalue weighted by molar-refractivity contribution is -0.137. The molecule has 11 heteroatoms. The number of allylic oxidation sites excluding steroid dienone is 3. The Kier molecular flexibility index (Phi) is 6.13. The molecule has 0 amide bonds. The quantitative estimate of drug-likeness (QED) is 0.513. The van der Waals surface area contributed by atoms with E-state index in [4.69, 9.17) is 5.73 Å². The zero-order chi connectivity index (χ0) is 22.1. The van der Waals surface area contributed by atoms with Gasteiger partial charge in [0.25, 0.3) is 0 Å². The summed E-state index contributed by atoms with van der Waals surface area (Å²) in [6, 6.07) is 4.24. The molecule has 2 aromatic heterocycles. The second-order valence-corrected chi connectivity index (χ2v) is 10.1. The number of anilines is 1. The van der Waals surface area contributed by atoms with Gasteiger partial charge in [-0.15, -0.1) is 21.5 Å². The lowest BCUT2D eigenvalue weighted by Crippen LogP contribution is -2.38. The maximum absolute atomic E-state index is 13.1. The van der Waals surface area contributed by atoms with Crippen LogP contribution in [0.15, 0.2) is 38.5 Å². The van der Waals surface area contributed by atoms with Crippen LogP contribution >= 0.6 is 34.4 Å². The number of aromatic nitrogens is 2. The number of thiophene rings is 1. The van der Waals surface area contributed by atoms with Gasteiger partial charge in [0.05, 0.1) is 30.4 Å². The Hall–Kier alpha value is -2.68. The molecule has 0 bridgehead atoms. The minimum atomic E-state index is -0.454. The Bertz CT molecular complexity index is 1160. The predicted octanol–water partition coefficient (Wildman–Crippen LogP) is 3.48. The van der Waals surface area contributed by atoms with Gasteiger partial charge in [0.1, 0.15) is 5.82 Å². The first-order valence-electron chi connectivity index (χ1n) is 9.49. The van der Waals surface area contributed by atoms with Crippen LogP contribution in [-0.2, 0) is 14.3 Å². The summed E-state index contributed by atoms with van der Waals surface area (Å²) in [4.78, 5) is 27.2. The lowest BCUT2D eigenvalue weighted by atomic mass is 9.78. The highest BCUT2D eigenvalue weighted by Gasteiger charge is 2.42. The van der Waals surface area contributed by atoms with Crippen LogP contribution in [0, 0.1) is 18.3 Å². The van der Waals surface area contributed by atoms with Crippen LogP contribution in [0.3, 0.4) is 0 Å². The third-order valence-electron chi connectivity index (χ3n) is 5.21. The van der Waals surface area contributed by atoms with Crippen LogP contribution in [0.25, 0.3) is 0 Å². The number of ether oxygens (including phenoxy) is 1. The summed E-state index contributed by atoms with van der Waals surface area (Å²) < 4.78 is 5.23. The predicted molar refractivity (Wildman–Crippen MR) is 120 cm³/mol. The van der Waals surface area contributed by atoms with Crippen molar-refractivity contribution in [1.82, 2.24) is 10.2 Å². The van der Waals surface area contributed by atoms with E-state index in [0.717, 1.165) is 16.1 Å². The minimum Gasteiger partial charge on any atom is -0.468 e. The van der Waals surface area contributed by atoms with Crippen LogP contribution < -0.4 is 10.6 Å². The van der Waals surface area contributed by atoms with Crippen LogP contribution in [0.1, 0.15) is 35.6 Å². The number of ketones is 1. The van der Waals surface area contributed by atoms with E-state index in [1.807, 2.05) is 18.4 Å². The number of hydrogen-bond donors (Lipinski definition) is 1. The molecular weight excluding hydrogens is 454 g/mol. The molecule has 1 aliphatic heterocycles. The summed E-state index contributed by atoms with van der Waals surface area (Å²) >= 11 is 4.01. The second-order valence-electron chi connectivity index (χ2n) is 7.00. The third-order valence-corrected chi connectivity index (χ3v) is 8.30. The molecule has 4 rings (SSSR count). The van der Waals surface area contributed by atoms with Gasteiger partial charge in [-0.2, -0.15) is 5.26 Å². The number of esters is 1. The molecule has 2 aromatic rings. The average molecular weight is 474 g/mol. The molecule has 0 aromatic carbocycles. The van der Waals surface area contributed by atoms with Crippen LogP contribution in [0.5, 0.6) is 0 Å². The highest BCUT2D eigenvalue weighted by molar-refractivity contribution is 8.01. The molecular formula is C20H19N5O3S3. The number of rotatable bonds is 5. The molecule has 1 aliphatic carbocycles. The van der Waals surface area contributed by atoms with Crippen molar-refractivity contribution in [2.75, 3.05) is 17.8 Å². The van der Waals surface area contributed by atoms with E-state index in [2.05, 4.69) is 21.0 Å². The van der Waals surface area contributed by atoms with Crippen molar-refractivity contribution in [3.63, 3.8) is 0 Å². The van der Waals surface area contributed by atoms with Crippen LogP contribution in [0.4, 0.5) is 5.13 Å². The van der Waals surface area contributed by atoms with Crippen LogP contribution in [0.2, 0.25) is 0 Å². The van der Waals surface area contributed by atoms with Gasteiger partial charge < -0.3 is 10.5 Å². The average Bonchev–Trinajstić information content (AvgIpc) is 3.40. The first-order valence-corrected chi connectivity index (χ1v) is 12.2. The number of nitrogens with zero attached hydrogens (tertiary/aromatic N) is 4. The van der Waals surface area contributed by atoms with Crippen molar-refractivity contribution in [3.8, 4) is 6.07 Å². The van der Waals surface area contributed by atoms with Gasteiger partial charge in [0.2, 0.25) is 5.13 Å². The van der Waals surface area contributed by atoms with Gasteiger partial charge in [-0.1, -0.05) is 23.1 Å². The molecule has 3 heterocycles. The van der Waals surface area contributed by atoms with Gasteiger partial charge in [0, 0.05) is 22.6 Å². The normalized spacial score (nSPS) is 18.8. The Balaban J connectivity index is 1.80. The van der Waals surface area contributed by atoms with E-state index in [1.165, 1.54) is 41.5 Å². The Labute approximate surface area is 191 Å². The molecule has 1 unspecified atom stereocenters. The summed E-state index contributed by atoms with van der Waals surface area (Å²) in [6.45, 7) is 1.98. The van der Waals surface area contributed by atoms with Crippen molar-refractivity contribution in [2.45, 2.75) is 36.4 Å².